The predicted molar refractivity (Wildman–Crippen MR) is 176 cm³/mol. The van der Waals surface area contributed by atoms with Crippen molar-refractivity contribution in [2.45, 2.75) is 0 Å². The number of hydrogen-bond donors (Lipinski definition) is 2. The van der Waals surface area contributed by atoms with E-state index in [0.717, 1.165) is 39.8 Å². The standard InChI is InChI=1S/C38H29N3/c1-3-15-36(16-4-1)41(37-17-5-2-6-18-37)38-26-34(39-32-21-19-28-11-7-9-13-30(28)23-32)25-35(27-38)40-33-22-20-29-12-8-10-14-31(29)24-33/h1-27,39-40H. The Balaban J connectivity index is 1.33. The second-order valence-electron chi connectivity index (χ2n) is 10.1. The zero-order valence-electron chi connectivity index (χ0n) is 22.5. The average Bonchev–Trinajstić information content (AvgIpc) is 3.02. The lowest BCUT2D eigenvalue weighted by Crippen LogP contribution is -2.10. The molecule has 0 aromatic heterocycles. The third-order valence-electron chi connectivity index (χ3n) is 7.28. The van der Waals surface area contributed by atoms with Gasteiger partial charge in [0.15, 0.2) is 0 Å². The molecule has 0 saturated heterocycles. The number of fused-ring (bicyclic) bond motifs is 2. The molecule has 41 heavy (non-hydrogen) atoms. The number of nitrogens with one attached hydrogen (secondary N) is 2. The molecule has 7 rings (SSSR count). The van der Waals surface area contributed by atoms with Gasteiger partial charge in [0, 0.05) is 34.1 Å². The van der Waals surface area contributed by atoms with Crippen LogP contribution in [0.15, 0.2) is 164 Å². The number of benzene rings is 7. The molecular weight excluding hydrogens is 498 g/mol. The third-order valence-corrected chi connectivity index (χ3v) is 7.28. The molecule has 0 bridgehead atoms. The second kappa shape index (κ2) is 10.9. The molecule has 0 aliphatic rings. The van der Waals surface area contributed by atoms with Crippen LogP contribution in [0.25, 0.3) is 21.5 Å². The Hall–Kier alpha value is -5.54. The number of rotatable bonds is 7. The van der Waals surface area contributed by atoms with E-state index in [0.29, 0.717) is 0 Å². The van der Waals surface area contributed by atoms with Gasteiger partial charge in [-0.2, -0.15) is 0 Å². The van der Waals surface area contributed by atoms with Gasteiger partial charge in [0.2, 0.25) is 0 Å². The zero-order chi connectivity index (χ0) is 27.4. The lowest BCUT2D eigenvalue weighted by molar-refractivity contribution is 1.28. The highest BCUT2D eigenvalue weighted by Crippen LogP contribution is 2.39. The molecule has 7 aromatic rings. The highest BCUT2D eigenvalue weighted by molar-refractivity contribution is 5.89. The van der Waals surface area contributed by atoms with Crippen molar-refractivity contribution in [3.05, 3.63) is 164 Å². The molecule has 196 valence electrons. The van der Waals surface area contributed by atoms with Crippen LogP contribution in [0.3, 0.4) is 0 Å². The largest absolute Gasteiger partial charge is 0.355 e. The van der Waals surface area contributed by atoms with Gasteiger partial charge in [-0.1, -0.05) is 97.1 Å². The van der Waals surface area contributed by atoms with Gasteiger partial charge in [0.05, 0.1) is 5.69 Å². The number of hydrogen-bond acceptors (Lipinski definition) is 3. The number of anilines is 7. The maximum atomic E-state index is 3.68. The second-order valence-corrected chi connectivity index (χ2v) is 10.1. The van der Waals surface area contributed by atoms with Crippen LogP contribution in [-0.2, 0) is 0 Å². The van der Waals surface area contributed by atoms with E-state index >= 15 is 0 Å². The molecule has 0 saturated carbocycles. The number of para-hydroxylation sites is 2. The van der Waals surface area contributed by atoms with E-state index in [2.05, 4.69) is 179 Å². The molecule has 0 radical (unpaired) electrons. The smallest absolute Gasteiger partial charge is 0.0502 e. The molecular formula is C38H29N3. The summed E-state index contributed by atoms with van der Waals surface area (Å²) in [6, 6.07) is 57.5. The van der Waals surface area contributed by atoms with Crippen LogP contribution in [0, 0.1) is 0 Å². The number of nitrogens with zero attached hydrogens (tertiary/aromatic N) is 1. The van der Waals surface area contributed by atoms with Crippen molar-refractivity contribution in [1.29, 1.82) is 0 Å². The molecule has 7 aromatic carbocycles. The van der Waals surface area contributed by atoms with E-state index < -0.39 is 0 Å². The van der Waals surface area contributed by atoms with Crippen molar-refractivity contribution in [2.24, 2.45) is 0 Å². The first-order valence-corrected chi connectivity index (χ1v) is 13.9. The molecule has 0 fully saturated rings. The Morgan fingerprint density at radius 3 is 1.17 bits per heavy atom. The van der Waals surface area contributed by atoms with Gasteiger partial charge in [0.1, 0.15) is 0 Å². The maximum Gasteiger partial charge on any atom is 0.0502 e. The normalized spacial score (nSPS) is 10.9. The Morgan fingerprint density at radius 1 is 0.293 bits per heavy atom. The molecule has 0 heterocycles. The fourth-order valence-corrected chi connectivity index (χ4v) is 5.35. The van der Waals surface area contributed by atoms with E-state index in [1.54, 1.807) is 0 Å². The van der Waals surface area contributed by atoms with Crippen LogP contribution >= 0.6 is 0 Å². The van der Waals surface area contributed by atoms with Crippen molar-refractivity contribution < 1.29 is 0 Å². The highest BCUT2D eigenvalue weighted by Gasteiger charge is 2.14. The summed E-state index contributed by atoms with van der Waals surface area (Å²) in [5.74, 6) is 0. The molecule has 0 unspecified atom stereocenters. The van der Waals surface area contributed by atoms with Crippen LogP contribution < -0.4 is 15.5 Å². The van der Waals surface area contributed by atoms with E-state index in [-0.39, 0.29) is 0 Å². The van der Waals surface area contributed by atoms with Crippen molar-refractivity contribution >= 4 is 61.4 Å². The fraction of sp³-hybridized carbons (Fsp3) is 0. The van der Waals surface area contributed by atoms with Gasteiger partial charge in [0.25, 0.3) is 0 Å². The minimum Gasteiger partial charge on any atom is -0.355 e. The van der Waals surface area contributed by atoms with Gasteiger partial charge < -0.3 is 15.5 Å². The Bertz CT molecular complexity index is 1810. The van der Waals surface area contributed by atoms with Gasteiger partial charge in [-0.25, -0.2) is 0 Å². The monoisotopic (exact) mass is 527 g/mol. The third kappa shape index (κ3) is 5.34. The lowest BCUT2D eigenvalue weighted by Gasteiger charge is -2.27. The van der Waals surface area contributed by atoms with Gasteiger partial charge in [-0.15, -0.1) is 0 Å². The molecule has 0 aliphatic carbocycles. The summed E-state index contributed by atoms with van der Waals surface area (Å²) in [5, 5.41) is 12.2. The first-order chi connectivity index (χ1) is 20.3. The first kappa shape index (κ1) is 24.5. The van der Waals surface area contributed by atoms with E-state index in [1.165, 1.54) is 21.5 Å². The van der Waals surface area contributed by atoms with Crippen LogP contribution in [0.5, 0.6) is 0 Å². The SMILES string of the molecule is c1ccc(N(c2ccccc2)c2cc(Nc3ccc4ccccc4c3)cc(Nc3ccc4ccccc4c3)c2)cc1. The van der Waals surface area contributed by atoms with Gasteiger partial charge >= 0.3 is 0 Å². The Kier molecular flexibility index (Phi) is 6.52. The summed E-state index contributed by atoms with van der Waals surface area (Å²) in [6.07, 6.45) is 0. The predicted octanol–water partition coefficient (Wildman–Crippen LogP) is 10.9. The summed E-state index contributed by atoms with van der Waals surface area (Å²) in [4.78, 5) is 2.29. The fourth-order valence-electron chi connectivity index (χ4n) is 5.35. The Morgan fingerprint density at radius 2 is 0.707 bits per heavy atom. The summed E-state index contributed by atoms with van der Waals surface area (Å²) >= 11 is 0. The summed E-state index contributed by atoms with van der Waals surface area (Å²) in [7, 11) is 0. The Labute approximate surface area is 240 Å². The minimum absolute atomic E-state index is 0.998. The molecule has 0 amide bonds. The van der Waals surface area contributed by atoms with E-state index in [1.807, 2.05) is 0 Å². The quantitative estimate of drug-likeness (QED) is 0.216. The van der Waals surface area contributed by atoms with Crippen molar-refractivity contribution in [2.75, 3.05) is 15.5 Å². The van der Waals surface area contributed by atoms with Crippen LogP contribution in [-0.4, -0.2) is 0 Å². The van der Waals surface area contributed by atoms with Gasteiger partial charge in [-0.05, 0) is 88.3 Å². The van der Waals surface area contributed by atoms with E-state index in [4.69, 9.17) is 0 Å². The van der Waals surface area contributed by atoms with Crippen molar-refractivity contribution in [3.63, 3.8) is 0 Å². The summed E-state index contributed by atoms with van der Waals surface area (Å²) < 4.78 is 0. The minimum atomic E-state index is 0.998. The lowest BCUT2D eigenvalue weighted by atomic mass is 10.1. The van der Waals surface area contributed by atoms with Crippen molar-refractivity contribution in [1.82, 2.24) is 0 Å². The summed E-state index contributed by atoms with van der Waals surface area (Å²) in [6.45, 7) is 0. The highest BCUT2D eigenvalue weighted by atomic mass is 15.1. The average molecular weight is 528 g/mol. The molecule has 0 aliphatic heterocycles. The molecule has 3 nitrogen and oxygen atoms in total. The topological polar surface area (TPSA) is 27.3 Å². The molecule has 2 N–H and O–H groups in total. The van der Waals surface area contributed by atoms with Crippen LogP contribution in [0.4, 0.5) is 39.8 Å². The van der Waals surface area contributed by atoms with Crippen LogP contribution in [0.1, 0.15) is 0 Å². The van der Waals surface area contributed by atoms with Gasteiger partial charge in [-0.3, -0.25) is 0 Å². The zero-order valence-corrected chi connectivity index (χ0v) is 22.5. The molecule has 0 spiro atoms. The first-order valence-electron chi connectivity index (χ1n) is 13.9. The molecule has 3 heteroatoms. The van der Waals surface area contributed by atoms with E-state index in [9.17, 15) is 0 Å². The molecule has 0 atom stereocenters. The summed E-state index contributed by atoms with van der Waals surface area (Å²) in [5.41, 5.74) is 7.33. The van der Waals surface area contributed by atoms with Crippen molar-refractivity contribution in [3.8, 4) is 0 Å². The maximum absolute atomic E-state index is 3.68. The van der Waals surface area contributed by atoms with Crippen LogP contribution in [0.2, 0.25) is 0 Å².